The molecule has 1 aliphatic heterocycles. The van der Waals surface area contributed by atoms with Crippen LogP contribution in [0.4, 0.5) is 0 Å². The first-order chi connectivity index (χ1) is 8.08. The van der Waals surface area contributed by atoms with Crippen molar-refractivity contribution in [2.75, 3.05) is 19.8 Å². The first-order valence-corrected chi connectivity index (χ1v) is 6.41. The second-order valence-corrected chi connectivity index (χ2v) is 5.33. The summed E-state index contributed by atoms with van der Waals surface area (Å²) in [6.45, 7) is 4.29. The van der Waals surface area contributed by atoms with Crippen LogP contribution < -0.4 is 5.73 Å². The molecule has 1 aliphatic rings. The second kappa shape index (κ2) is 4.96. The van der Waals surface area contributed by atoms with Crippen LogP contribution in [0.1, 0.15) is 24.1 Å². The molecule has 0 saturated carbocycles. The highest BCUT2D eigenvalue weighted by atomic mass is 35.5. The van der Waals surface area contributed by atoms with Crippen LogP contribution in [-0.2, 0) is 18.2 Å². The smallest absolute Gasteiger partial charge is 0.130 e. The van der Waals surface area contributed by atoms with E-state index in [9.17, 15) is 0 Å². The highest BCUT2D eigenvalue weighted by molar-refractivity contribution is 6.30. The Labute approximate surface area is 107 Å². The molecule has 0 radical (unpaired) electrons. The van der Waals surface area contributed by atoms with Crippen molar-refractivity contribution in [3.05, 3.63) is 16.4 Å². The van der Waals surface area contributed by atoms with Crippen LogP contribution in [0.15, 0.2) is 0 Å². The van der Waals surface area contributed by atoms with E-state index in [0.717, 1.165) is 48.9 Å². The molecule has 1 fully saturated rings. The third kappa shape index (κ3) is 2.49. The predicted molar refractivity (Wildman–Crippen MR) is 68.2 cm³/mol. The molecule has 0 bridgehead atoms. The Morgan fingerprint density at radius 3 is 2.59 bits per heavy atom. The zero-order valence-electron chi connectivity index (χ0n) is 10.5. The summed E-state index contributed by atoms with van der Waals surface area (Å²) in [5.74, 6) is 0. The van der Waals surface area contributed by atoms with Gasteiger partial charge in [0, 0.05) is 25.8 Å². The first-order valence-electron chi connectivity index (χ1n) is 6.04. The number of ether oxygens (including phenoxy) is 1. The number of nitrogens with zero attached hydrogens (tertiary/aromatic N) is 2. The van der Waals surface area contributed by atoms with E-state index in [0.29, 0.717) is 6.54 Å². The van der Waals surface area contributed by atoms with Crippen LogP contribution in [0.2, 0.25) is 5.15 Å². The van der Waals surface area contributed by atoms with E-state index >= 15 is 0 Å². The molecule has 0 unspecified atom stereocenters. The van der Waals surface area contributed by atoms with Gasteiger partial charge in [-0.3, -0.25) is 4.68 Å². The van der Waals surface area contributed by atoms with Gasteiger partial charge in [-0.1, -0.05) is 11.6 Å². The Kier molecular flexibility index (Phi) is 3.76. The van der Waals surface area contributed by atoms with Gasteiger partial charge < -0.3 is 10.5 Å². The van der Waals surface area contributed by atoms with Crippen molar-refractivity contribution in [1.82, 2.24) is 9.78 Å². The van der Waals surface area contributed by atoms with Crippen molar-refractivity contribution < 1.29 is 4.74 Å². The molecular formula is C12H20ClN3O. The van der Waals surface area contributed by atoms with Gasteiger partial charge in [0.15, 0.2) is 0 Å². The summed E-state index contributed by atoms with van der Waals surface area (Å²) in [6, 6.07) is 0. The zero-order valence-corrected chi connectivity index (χ0v) is 11.3. The second-order valence-electron chi connectivity index (χ2n) is 4.97. The van der Waals surface area contributed by atoms with Crippen molar-refractivity contribution in [3.63, 3.8) is 0 Å². The minimum Gasteiger partial charge on any atom is -0.381 e. The highest BCUT2D eigenvalue weighted by Crippen LogP contribution is 2.36. The maximum Gasteiger partial charge on any atom is 0.130 e. The summed E-state index contributed by atoms with van der Waals surface area (Å²) >= 11 is 6.28. The first kappa shape index (κ1) is 12.9. The van der Waals surface area contributed by atoms with Crippen LogP contribution in [0.5, 0.6) is 0 Å². The zero-order chi connectivity index (χ0) is 12.5. The third-order valence-electron chi connectivity index (χ3n) is 3.81. The molecular weight excluding hydrogens is 238 g/mol. The lowest BCUT2D eigenvalue weighted by molar-refractivity contribution is 0.0191. The van der Waals surface area contributed by atoms with Gasteiger partial charge in [-0.05, 0) is 38.1 Å². The van der Waals surface area contributed by atoms with E-state index < -0.39 is 0 Å². The van der Waals surface area contributed by atoms with Crippen molar-refractivity contribution in [2.45, 2.75) is 26.2 Å². The number of aromatic nitrogens is 2. The molecule has 0 amide bonds. The SMILES string of the molecule is Cc1nn(C)c(Cl)c1CC1(CN)CCOCC1. The van der Waals surface area contributed by atoms with Gasteiger partial charge in [0.1, 0.15) is 5.15 Å². The van der Waals surface area contributed by atoms with Gasteiger partial charge in [0.05, 0.1) is 5.69 Å². The summed E-state index contributed by atoms with van der Waals surface area (Å²) in [5, 5.41) is 5.09. The van der Waals surface area contributed by atoms with Crippen LogP contribution in [0.25, 0.3) is 0 Å². The van der Waals surface area contributed by atoms with E-state index in [2.05, 4.69) is 5.10 Å². The van der Waals surface area contributed by atoms with Gasteiger partial charge in [-0.25, -0.2) is 0 Å². The average molecular weight is 258 g/mol. The molecule has 0 spiro atoms. The van der Waals surface area contributed by atoms with Crippen molar-refractivity contribution in [1.29, 1.82) is 0 Å². The quantitative estimate of drug-likeness (QED) is 0.896. The summed E-state index contributed by atoms with van der Waals surface area (Å²) in [4.78, 5) is 0. The molecule has 96 valence electrons. The fraction of sp³-hybridized carbons (Fsp3) is 0.750. The Balaban J connectivity index is 2.23. The molecule has 0 atom stereocenters. The summed E-state index contributed by atoms with van der Waals surface area (Å²) in [7, 11) is 1.87. The summed E-state index contributed by atoms with van der Waals surface area (Å²) < 4.78 is 7.15. The molecule has 0 aromatic carbocycles. The Bertz CT molecular complexity index is 397. The molecule has 17 heavy (non-hydrogen) atoms. The number of hydrogen-bond acceptors (Lipinski definition) is 3. The Morgan fingerprint density at radius 1 is 1.47 bits per heavy atom. The molecule has 5 heteroatoms. The van der Waals surface area contributed by atoms with Gasteiger partial charge in [-0.2, -0.15) is 5.10 Å². The molecule has 2 rings (SSSR count). The molecule has 2 heterocycles. The van der Waals surface area contributed by atoms with Crippen molar-refractivity contribution in [3.8, 4) is 0 Å². The lowest BCUT2D eigenvalue weighted by Gasteiger charge is -2.36. The van der Waals surface area contributed by atoms with E-state index in [1.807, 2.05) is 14.0 Å². The van der Waals surface area contributed by atoms with E-state index in [1.54, 1.807) is 4.68 Å². The van der Waals surface area contributed by atoms with Gasteiger partial charge in [-0.15, -0.1) is 0 Å². The molecule has 2 N–H and O–H groups in total. The van der Waals surface area contributed by atoms with Crippen LogP contribution in [0.3, 0.4) is 0 Å². The molecule has 0 aliphatic carbocycles. The average Bonchev–Trinajstić information content (AvgIpc) is 2.57. The normalized spacial score (nSPS) is 19.5. The van der Waals surface area contributed by atoms with E-state index in [-0.39, 0.29) is 5.41 Å². The third-order valence-corrected chi connectivity index (χ3v) is 4.28. The van der Waals surface area contributed by atoms with Gasteiger partial charge >= 0.3 is 0 Å². The topological polar surface area (TPSA) is 53.1 Å². The lowest BCUT2D eigenvalue weighted by Crippen LogP contribution is -2.38. The van der Waals surface area contributed by atoms with Crippen molar-refractivity contribution in [2.24, 2.45) is 18.2 Å². The summed E-state index contributed by atoms with van der Waals surface area (Å²) in [5.41, 5.74) is 8.25. The van der Waals surface area contributed by atoms with Crippen LogP contribution in [0, 0.1) is 12.3 Å². The number of hydrogen-bond donors (Lipinski definition) is 1. The summed E-state index contributed by atoms with van der Waals surface area (Å²) in [6.07, 6.45) is 2.92. The van der Waals surface area contributed by atoms with E-state index in [4.69, 9.17) is 22.1 Å². The minimum absolute atomic E-state index is 0.135. The lowest BCUT2D eigenvalue weighted by atomic mass is 9.75. The predicted octanol–water partition coefficient (Wildman–Crippen LogP) is 1.68. The Morgan fingerprint density at radius 2 is 2.12 bits per heavy atom. The fourth-order valence-electron chi connectivity index (χ4n) is 2.51. The van der Waals surface area contributed by atoms with Gasteiger partial charge in [0.2, 0.25) is 0 Å². The molecule has 1 saturated heterocycles. The van der Waals surface area contributed by atoms with Gasteiger partial charge in [0.25, 0.3) is 0 Å². The van der Waals surface area contributed by atoms with E-state index in [1.165, 1.54) is 0 Å². The monoisotopic (exact) mass is 257 g/mol. The maximum atomic E-state index is 6.28. The molecule has 1 aromatic rings. The maximum absolute atomic E-state index is 6.28. The Hall–Kier alpha value is -0.580. The standard InChI is InChI=1S/C12H20ClN3O/c1-9-10(11(13)16(2)15-9)7-12(8-14)3-5-17-6-4-12/h3-8,14H2,1-2H3. The molecule has 4 nitrogen and oxygen atoms in total. The molecule has 1 aromatic heterocycles. The van der Waals surface area contributed by atoms with Crippen molar-refractivity contribution >= 4 is 11.6 Å². The number of rotatable bonds is 3. The highest BCUT2D eigenvalue weighted by Gasteiger charge is 2.33. The number of aryl methyl sites for hydroxylation is 2. The fourth-order valence-corrected chi connectivity index (χ4v) is 2.75. The minimum atomic E-state index is 0.135. The van der Waals surface area contributed by atoms with Crippen LogP contribution >= 0.6 is 11.6 Å². The number of nitrogens with two attached hydrogens (primary N) is 1. The van der Waals surface area contributed by atoms with Crippen LogP contribution in [-0.4, -0.2) is 29.5 Å². The number of halogens is 1. The largest absolute Gasteiger partial charge is 0.381 e.